The van der Waals surface area contributed by atoms with E-state index in [0.717, 1.165) is 30.3 Å². The van der Waals surface area contributed by atoms with E-state index >= 15 is 0 Å². The highest BCUT2D eigenvalue weighted by atomic mass is 35.5. The van der Waals surface area contributed by atoms with Crippen LogP contribution < -0.4 is 4.72 Å². The average Bonchev–Trinajstić information content (AvgIpc) is 2.40. The van der Waals surface area contributed by atoms with Crippen molar-refractivity contribution in [3.63, 3.8) is 0 Å². The summed E-state index contributed by atoms with van der Waals surface area (Å²) in [6, 6.07) is 8.20. The van der Waals surface area contributed by atoms with Crippen LogP contribution in [0.15, 0.2) is 47.4 Å². The second-order valence-electron chi connectivity index (χ2n) is 4.01. The third-order valence-corrected chi connectivity index (χ3v) is 4.24. The second kappa shape index (κ2) is 5.87. The molecule has 1 N–H and O–H groups in total. The van der Waals surface area contributed by atoms with Gasteiger partial charge in [-0.15, -0.1) is 0 Å². The van der Waals surface area contributed by atoms with E-state index in [1.165, 1.54) is 12.1 Å². The van der Waals surface area contributed by atoms with Crippen molar-refractivity contribution in [2.24, 2.45) is 0 Å². The van der Waals surface area contributed by atoms with Crippen molar-refractivity contribution < 1.29 is 17.2 Å². The fourth-order valence-corrected chi connectivity index (χ4v) is 2.75. The number of benzene rings is 2. The summed E-state index contributed by atoms with van der Waals surface area (Å²) in [5.74, 6) is -1.10. The lowest BCUT2D eigenvalue weighted by Crippen LogP contribution is -2.23. The van der Waals surface area contributed by atoms with Gasteiger partial charge < -0.3 is 0 Å². The summed E-state index contributed by atoms with van der Waals surface area (Å²) in [6.45, 7) is -0.244. The molecule has 0 atom stereocenters. The molecule has 0 amide bonds. The van der Waals surface area contributed by atoms with Crippen LogP contribution in [0.5, 0.6) is 0 Å². The molecule has 0 saturated heterocycles. The molecule has 0 aromatic heterocycles. The molecule has 0 spiro atoms. The van der Waals surface area contributed by atoms with E-state index in [2.05, 4.69) is 4.72 Å². The SMILES string of the molecule is O=S(=O)(NCc1cc(Cl)ccc1F)c1ccc(F)cc1. The Hall–Kier alpha value is -1.50. The van der Waals surface area contributed by atoms with Crippen molar-refractivity contribution in [3.8, 4) is 0 Å². The van der Waals surface area contributed by atoms with E-state index in [9.17, 15) is 17.2 Å². The smallest absolute Gasteiger partial charge is 0.207 e. The van der Waals surface area contributed by atoms with Crippen LogP contribution in [0, 0.1) is 11.6 Å². The summed E-state index contributed by atoms with van der Waals surface area (Å²) in [6.07, 6.45) is 0. The van der Waals surface area contributed by atoms with Crippen molar-refractivity contribution >= 4 is 21.6 Å². The lowest BCUT2D eigenvalue weighted by molar-refractivity contribution is 0.573. The summed E-state index contributed by atoms with van der Waals surface area (Å²) in [4.78, 5) is -0.0960. The summed E-state index contributed by atoms with van der Waals surface area (Å²) in [7, 11) is -3.83. The Bertz CT molecular complexity index is 718. The molecule has 20 heavy (non-hydrogen) atoms. The Morgan fingerprint density at radius 3 is 2.35 bits per heavy atom. The first-order valence-corrected chi connectivity index (χ1v) is 7.44. The van der Waals surface area contributed by atoms with Gasteiger partial charge >= 0.3 is 0 Å². The van der Waals surface area contributed by atoms with Crippen LogP contribution in [0.3, 0.4) is 0 Å². The quantitative estimate of drug-likeness (QED) is 0.942. The Morgan fingerprint density at radius 2 is 1.70 bits per heavy atom. The van der Waals surface area contributed by atoms with Gasteiger partial charge in [0.1, 0.15) is 11.6 Å². The topological polar surface area (TPSA) is 46.2 Å². The molecule has 0 aliphatic carbocycles. The van der Waals surface area contributed by atoms with Gasteiger partial charge in [0.05, 0.1) is 4.90 Å². The van der Waals surface area contributed by atoms with Gasteiger partial charge in [-0.3, -0.25) is 0 Å². The molecule has 0 aliphatic heterocycles. The highest BCUT2D eigenvalue weighted by molar-refractivity contribution is 7.89. The average molecular weight is 318 g/mol. The van der Waals surface area contributed by atoms with Gasteiger partial charge in [0.25, 0.3) is 0 Å². The highest BCUT2D eigenvalue weighted by Crippen LogP contribution is 2.16. The maximum absolute atomic E-state index is 13.5. The van der Waals surface area contributed by atoms with Crippen LogP contribution in [0.2, 0.25) is 5.02 Å². The minimum Gasteiger partial charge on any atom is -0.207 e. The monoisotopic (exact) mass is 317 g/mol. The number of nitrogens with one attached hydrogen (secondary N) is 1. The first kappa shape index (κ1) is 14.9. The molecule has 2 aromatic rings. The minimum absolute atomic E-state index is 0.0960. The van der Waals surface area contributed by atoms with Crippen LogP contribution in [-0.4, -0.2) is 8.42 Å². The molecule has 2 rings (SSSR count). The molecule has 106 valence electrons. The minimum atomic E-state index is -3.83. The third-order valence-electron chi connectivity index (χ3n) is 2.58. The van der Waals surface area contributed by atoms with Crippen LogP contribution in [-0.2, 0) is 16.6 Å². The maximum Gasteiger partial charge on any atom is 0.240 e. The standard InChI is InChI=1S/C13H10ClF2NO2S/c14-10-1-6-13(16)9(7-10)8-17-20(18,19)12-4-2-11(15)3-5-12/h1-7,17H,8H2. The Labute approximate surface area is 120 Å². The molecule has 3 nitrogen and oxygen atoms in total. The first-order valence-electron chi connectivity index (χ1n) is 5.58. The van der Waals surface area contributed by atoms with Gasteiger partial charge in [0.2, 0.25) is 10.0 Å². The Balaban J connectivity index is 2.17. The molecule has 0 bridgehead atoms. The largest absolute Gasteiger partial charge is 0.240 e. The predicted molar refractivity (Wildman–Crippen MR) is 71.8 cm³/mol. The molecule has 0 fully saturated rings. The van der Waals surface area contributed by atoms with Gasteiger partial charge in [-0.2, -0.15) is 0 Å². The fraction of sp³-hybridized carbons (Fsp3) is 0.0769. The van der Waals surface area contributed by atoms with Crippen LogP contribution in [0.4, 0.5) is 8.78 Å². The zero-order valence-electron chi connectivity index (χ0n) is 10.1. The molecule has 0 saturated carbocycles. The van der Waals surface area contributed by atoms with Crippen molar-refractivity contribution in [1.29, 1.82) is 0 Å². The molecule has 0 heterocycles. The van der Waals surface area contributed by atoms with E-state index in [0.29, 0.717) is 5.02 Å². The molecule has 0 radical (unpaired) electrons. The molecule has 0 unspecified atom stereocenters. The predicted octanol–water partition coefficient (Wildman–Crippen LogP) is 3.10. The molecule has 0 aliphatic rings. The van der Waals surface area contributed by atoms with E-state index in [1.54, 1.807) is 0 Å². The fourth-order valence-electron chi connectivity index (χ4n) is 1.55. The van der Waals surface area contributed by atoms with E-state index < -0.39 is 21.7 Å². The third kappa shape index (κ3) is 3.53. The van der Waals surface area contributed by atoms with Gasteiger partial charge in [-0.25, -0.2) is 21.9 Å². The number of rotatable bonds is 4. The van der Waals surface area contributed by atoms with E-state index in [4.69, 9.17) is 11.6 Å². The van der Waals surface area contributed by atoms with Gasteiger partial charge in [-0.1, -0.05) is 11.6 Å². The Morgan fingerprint density at radius 1 is 1.05 bits per heavy atom. The number of halogens is 3. The van der Waals surface area contributed by atoms with Gasteiger partial charge in [0, 0.05) is 17.1 Å². The lowest BCUT2D eigenvalue weighted by Gasteiger charge is -2.08. The Kier molecular flexibility index (Phi) is 4.37. The molecule has 2 aromatic carbocycles. The van der Waals surface area contributed by atoms with Crippen molar-refractivity contribution in [2.75, 3.05) is 0 Å². The lowest BCUT2D eigenvalue weighted by atomic mass is 10.2. The van der Waals surface area contributed by atoms with Crippen LogP contribution in [0.1, 0.15) is 5.56 Å². The zero-order chi connectivity index (χ0) is 14.8. The maximum atomic E-state index is 13.5. The van der Waals surface area contributed by atoms with Gasteiger partial charge in [0.15, 0.2) is 0 Å². The first-order chi connectivity index (χ1) is 9.38. The van der Waals surface area contributed by atoms with Crippen molar-refractivity contribution in [3.05, 3.63) is 64.7 Å². The van der Waals surface area contributed by atoms with Crippen molar-refractivity contribution in [1.82, 2.24) is 4.72 Å². The zero-order valence-corrected chi connectivity index (χ0v) is 11.7. The van der Waals surface area contributed by atoms with E-state index in [-0.39, 0.29) is 17.0 Å². The summed E-state index contributed by atoms with van der Waals surface area (Å²) < 4.78 is 52.3. The summed E-state index contributed by atoms with van der Waals surface area (Å²) in [5, 5.41) is 0.308. The van der Waals surface area contributed by atoms with E-state index in [1.807, 2.05) is 0 Å². The normalized spacial score (nSPS) is 11.6. The second-order valence-corrected chi connectivity index (χ2v) is 6.22. The molecule has 7 heteroatoms. The number of hydrogen-bond donors (Lipinski definition) is 1. The summed E-state index contributed by atoms with van der Waals surface area (Å²) in [5.41, 5.74) is 0.128. The van der Waals surface area contributed by atoms with Crippen LogP contribution in [0.25, 0.3) is 0 Å². The van der Waals surface area contributed by atoms with Gasteiger partial charge in [-0.05, 0) is 42.5 Å². The summed E-state index contributed by atoms with van der Waals surface area (Å²) >= 11 is 5.72. The molecular weight excluding hydrogens is 308 g/mol. The number of sulfonamides is 1. The van der Waals surface area contributed by atoms with Crippen LogP contribution >= 0.6 is 11.6 Å². The molecular formula is C13H10ClF2NO2S. The highest BCUT2D eigenvalue weighted by Gasteiger charge is 2.14. The number of hydrogen-bond acceptors (Lipinski definition) is 2. The van der Waals surface area contributed by atoms with Crippen molar-refractivity contribution in [2.45, 2.75) is 11.4 Å².